The average Bonchev–Trinajstić information content (AvgIpc) is 3.59. The van der Waals surface area contributed by atoms with Crippen LogP contribution in [-0.4, -0.2) is 104 Å². The van der Waals surface area contributed by atoms with E-state index < -0.39 is 58.3 Å². The number of nitrogens with zero attached hydrogens (tertiary/aromatic N) is 6. The first kappa shape index (κ1) is 29.7. The number of carbonyl (C=O) groups is 4. The summed E-state index contributed by atoms with van der Waals surface area (Å²) in [6, 6.07) is 6.29. The molecule has 2 aliphatic heterocycles. The molecule has 2 saturated heterocycles. The van der Waals surface area contributed by atoms with Crippen molar-refractivity contribution in [2.24, 2.45) is 11.7 Å². The van der Waals surface area contributed by atoms with Crippen LogP contribution in [-0.2, 0) is 36.7 Å². The quantitative estimate of drug-likeness (QED) is 0.285. The average molecular weight is 603 g/mol. The lowest BCUT2D eigenvalue weighted by Crippen LogP contribution is -2.61. The van der Waals surface area contributed by atoms with Crippen LogP contribution in [0.3, 0.4) is 0 Å². The lowest BCUT2D eigenvalue weighted by molar-refractivity contribution is -0.143. The molecule has 1 aliphatic carbocycles. The number of Topliss-reactive ketones (excluding diaryl/α,β-unsaturated/α-hetero) is 1. The van der Waals surface area contributed by atoms with E-state index in [9.17, 15) is 32.7 Å². The molecular formula is C26H34N8O7S. The fourth-order valence-corrected chi connectivity index (χ4v) is 7.70. The maximum absolute atomic E-state index is 13.7. The van der Waals surface area contributed by atoms with Gasteiger partial charge in [0.2, 0.25) is 33.4 Å². The SMILES string of the molecule is NC1CCC(C(NC(=O)C2CCC3CN(S(=O)(=O)Cc4ccccc4)CC(=O)N32)C(=O)c2nnnn2CC(=O)O)CC1. The number of nitrogens with two attached hydrogens (primary N) is 1. The van der Waals surface area contributed by atoms with Crippen molar-refractivity contribution in [1.29, 1.82) is 0 Å². The second kappa shape index (κ2) is 12.2. The predicted molar refractivity (Wildman–Crippen MR) is 146 cm³/mol. The van der Waals surface area contributed by atoms with Crippen LogP contribution in [0.5, 0.6) is 0 Å². The number of rotatable bonds is 10. The number of aromatic nitrogens is 4. The second-order valence-corrected chi connectivity index (χ2v) is 13.1. The van der Waals surface area contributed by atoms with Gasteiger partial charge >= 0.3 is 5.97 Å². The zero-order chi connectivity index (χ0) is 30.0. The number of amides is 2. The standard InChI is InChI=1S/C26H34N8O7S/c27-18-8-6-17(7-9-18)23(24(38)25-29-30-31-33(25)14-22(36)37)28-26(39)20-11-10-19-12-32(13-21(35)34(19)20)42(40,41)15-16-4-2-1-3-5-16/h1-5,17-20,23H,6-15,27H2,(H,28,39)(H,36,37). The van der Waals surface area contributed by atoms with Crippen molar-refractivity contribution in [3.05, 3.63) is 41.7 Å². The number of tetrazole rings is 1. The van der Waals surface area contributed by atoms with Crippen molar-refractivity contribution in [3.8, 4) is 0 Å². The number of ketones is 1. The predicted octanol–water partition coefficient (Wildman–Crippen LogP) is -0.852. The highest BCUT2D eigenvalue weighted by atomic mass is 32.2. The van der Waals surface area contributed by atoms with Gasteiger partial charge in [-0.05, 0) is 60.4 Å². The molecule has 0 radical (unpaired) electrons. The maximum Gasteiger partial charge on any atom is 0.325 e. The number of carboxylic acids is 1. The van der Waals surface area contributed by atoms with Gasteiger partial charge < -0.3 is 21.1 Å². The fourth-order valence-electron chi connectivity index (χ4n) is 6.20. The molecule has 3 unspecified atom stereocenters. The number of nitrogens with one attached hydrogen (secondary N) is 1. The number of carboxylic acid groups (broad SMARTS) is 1. The zero-order valence-electron chi connectivity index (χ0n) is 22.9. The molecule has 4 N–H and O–H groups in total. The molecule has 0 bridgehead atoms. The van der Waals surface area contributed by atoms with Gasteiger partial charge in [-0.1, -0.05) is 30.3 Å². The van der Waals surface area contributed by atoms with Gasteiger partial charge in [0.05, 0.1) is 18.3 Å². The first-order valence-electron chi connectivity index (χ1n) is 13.9. The minimum atomic E-state index is -3.77. The van der Waals surface area contributed by atoms with Crippen molar-refractivity contribution >= 4 is 33.6 Å². The van der Waals surface area contributed by atoms with E-state index in [2.05, 4.69) is 20.8 Å². The zero-order valence-corrected chi connectivity index (χ0v) is 23.7. The van der Waals surface area contributed by atoms with Gasteiger partial charge in [0, 0.05) is 18.6 Å². The molecule has 2 aromatic rings. The van der Waals surface area contributed by atoms with Crippen molar-refractivity contribution in [2.75, 3.05) is 13.1 Å². The van der Waals surface area contributed by atoms with Crippen LogP contribution in [0.2, 0.25) is 0 Å². The molecule has 16 heteroatoms. The van der Waals surface area contributed by atoms with Crippen LogP contribution >= 0.6 is 0 Å². The molecule has 3 atom stereocenters. The van der Waals surface area contributed by atoms with Gasteiger partial charge in [-0.15, -0.1) is 5.10 Å². The van der Waals surface area contributed by atoms with Crippen LogP contribution in [0, 0.1) is 5.92 Å². The number of hydrogen-bond donors (Lipinski definition) is 3. The van der Waals surface area contributed by atoms with E-state index in [1.54, 1.807) is 30.3 Å². The topological polar surface area (TPSA) is 211 Å². The smallest absolute Gasteiger partial charge is 0.325 e. The molecule has 3 fully saturated rings. The minimum absolute atomic E-state index is 0.0206. The van der Waals surface area contributed by atoms with Gasteiger partial charge in [-0.2, -0.15) is 4.31 Å². The van der Waals surface area contributed by atoms with E-state index in [4.69, 9.17) is 5.73 Å². The molecule has 226 valence electrons. The Bertz CT molecular complexity index is 1440. The third kappa shape index (κ3) is 6.34. The largest absolute Gasteiger partial charge is 0.480 e. The molecular weight excluding hydrogens is 568 g/mol. The maximum atomic E-state index is 13.7. The molecule has 15 nitrogen and oxygen atoms in total. The number of aliphatic carboxylic acids is 1. The number of fused-ring (bicyclic) bond motifs is 1. The molecule has 5 rings (SSSR count). The van der Waals surface area contributed by atoms with E-state index >= 15 is 0 Å². The Morgan fingerprint density at radius 3 is 2.48 bits per heavy atom. The first-order chi connectivity index (χ1) is 20.0. The number of hydrogen-bond acceptors (Lipinski definition) is 10. The van der Waals surface area contributed by atoms with E-state index in [0.717, 1.165) is 4.68 Å². The summed E-state index contributed by atoms with van der Waals surface area (Å²) in [5, 5.41) is 22.8. The Kier molecular flexibility index (Phi) is 8.65. The highest BCUT2D eigenvalue weighted by Gasteiger charge is 2.48. The number of sulfonamides is 1. The molecule has 1 saturated carbocycles. The highest BCUT2D eigenvalue weighted by Crippen LogP contribution is 2.32. The number of benzene rings is 1. The summed E-state index contributed by atoms with van der Waals surface area (Å²) in [6.07, 6.45) is 3.14. The molecule has 2 amide bonds. The van der Waals surface area contributed by atoms with Gasteiger partial charge in [0.1, 0.15) is 12.6 Å². The molecule has 42 heavy (non-hydrogen) atoms. The van der Waals surface area contributed by atoms with Crippen LogP contribution in [0.4, 0.5) is 0 Å². The Labute approximate surface area is 242 Å². The summed E-state index contributed by atoms with van der Waals surface area (Å²) in [5.74, 6) is -3.66. The Morgan fingerprint density at radius 2 is 1.79 bits per heavy atom. The Balaban J connectivity index is 1.31. The summed E-state index contributed by atoms with van der Waals surface area (Å²) < 4.78 is 28.3. The lowest BCUT2D eigenvalue weighted by Gasteiger charge is -2.39. The highest BCUT2D eigenvalue weighted by molar-refractivity contribution is 7.88. The summed E-state index contributed by atoms with van der Waals surface area (Å²) in [6.45, 7) is -0.916. The van der Waals surface area contributed by atoms with E-state index in [0.29, 0.717) is 44.1 Å². The van der Waals surface area contributed by atoms with Crippen molar-refractivity contribution in [2.45, 2.75) is 75.0 Å². The third-order valence-corrected chi connectivity index (χ3v) is 10.1. The van der Waals surface area contributed by atoms with Gasteiger partial charge in [0.25, 0.3) is 0 Å². The van der Waals surface area contributed by atoms with E-state index in [-0.39, 0.29) is 36.6 Å². The summed E-state index contributed by atoms with van der Waals surface area (Å²) in [5.41, 5.74) is 6.67. The molecule has 0 spiro atoms. The molecule has 1 aromatic carbocycles. The van der Waals surface area contributed by atoms with Crippen molar-refractivity contribution < 1.29 is 32.7 Å². The summed E-state index contributed by atoms with van der Waals surface area (Å²) in [7, 11) is -3.77. The van der Waals surface area contributed by atoms with Crippen molar-refractivity contribution in [1.82, 2.24) is 34.7 Å². The number of carbonyl (C=O) groups excluding carboxylic acids is 3. The normalized spacial score (nSPS) is 25.5. The Morgan fingerprint density at radius 1 is 1.07 bits per heavy atom. The monoisotopic (exact) mass is 602 g/mol. The first-order valence-corrected chi connectivity index (χ1v) is 15.6. The summed E-state index contributed by atoms with van der Waals surface area (Å²) >= 11 is 0. The lowest BCUT2D eigenvalue weighted by atomic mass is 9.80. The van der Waals surface area contributed by atoms with E-state index in [1.165, 1.54) is 9.21 Å². The molecule has 3 aliphatic rings. The van der Waals surface area contributed by atoms with Crippen LogP contribution in [0.25, 0.3) is 0 Å². The van der Waals surface area contributed by atoms with Gasteiger partial charge in [0.15, 0.2) is 0 Å². The van der Waals surface area contributed by atoms with Gasteiger partial charge in [-0.25, -0.2) is 13.1 Å². The molecule has 3 heterocycles. The third-order valence-electron chi connectivity index (χ3n) is 8.31. The summed E-state index contributed by atoms with van der Waals surface area (Å²) in [4.78, 5) is 53.2. The minimum Gasteiger partial charge on any atom is -0.480 e. The van der Waals surface area contributed by atoms with Gasteiger partial charge in [-0.3, -0.25) is 19.2 Å². The van der Waals surface area contributed by atoms with E-state index in [1.807, 2.05) is 0 Å². The Hall–Kier alpha value is -3.76. The second-order valence-electron chi connectivity index (χ2n) is 11.2. The van der Waals surface area contributed by atoms with Crippen molar-refractivity contribution in [3.63, 3.8) is 0 Å². The molecule has 1 aromatic heterocycles. The van der Waals surface area contributed by atoms with Crippen LogP contribution in [0.1, 0.15) is 54.7 Å². The van der Waals surface area contributed by atoms with Crippen LogP contribution in [0.15, 0.2) is 30.3 Å². The van der Waals surface area contributed by atoms with Crippen LogP contribution < -0.4 is 11.1 Å². The number of piperazine rings is 1. The fraction of sp³-hybridized carbons (Fsp3) is 0.577.